The molecule has 0 aliphatic carbocycles. The maximum atomic E-state index is 13.5. The van der Waals surface area contributed by atoms with Gasteiger partial charge in [0.2, 0.25) is 5.91 Å². The van der Waals surface area contributed by atoms with E-state index >= 15 is 0 Å². The first-order valence-corrected chi connectivity index (χ1v) is 17.4. The number of carbonyl (C=O) groups is 1. The second kappa shape index (κ2) is 18.9. The monoisotopic (exact) mass is 664 g/mol. The van der Waals surface area contributed by atoms with Gasteiger partial charge in [-0.3, -0.25) is 9.48 Å². The van der Waals surface area contributed by atoms with Crippen molar-refractivity contribution in [1.82, 2.24) is 20.3 Å². The van der Waals surface area contributed by atoms with Gasteiger partial charge in [0.05, 0.1) is 19.9 Å². The number of hydrogen-bond acceptors (Lipinski definition) is 8. The molecule has 0 aliphatic rings. The first kappa shape index (κ1) is 39.0. The molecule has 0 radical (unpaired) electrons. The van der Waals surface area contributed by atoms with E-state index in [0.717, 1.165) is 36.3 Å². The number of amides is 1. The van der Waals surface area contributed by atoms with Gasteiger partial charge in [0.25, 0.3) is 0 Å². The van der Waals surface area contributed by atoms with Crippen LogP contribution in [-0.4, -0.2) is 67.0 Å². The summed E-state index contributed by atoms with van der Waals surface area (Å²) >= 11 is 0. The smallest absolute Gasteiger partial charge is 0.223 e. The van der Waals surface area contributed by atoms with E-state index in [0.29, 0.717) is 50.3 Å². The molecule has 5 N–H and O–H groups in total. The number of nitrogens with two attached hydrogens (primary N) is 2. The summed E-state index contributed by atoms with van der Waals surface area (Å²) in [5.41, 5.74) is 16.3. The molecular weight excluding hydrogens is 604 g/mol. The van der Waals surface area contributed by atoms with Gasteiger partial charge in [-0.15, -0.1) is 5.10 Å². The molecule has 0 aliphatic heterocycles. The Balaban J connectivity index is 1.56. The zero-order valence-electron chi connectivity index (χ0n) is 30.4. The molecule has 48 heavy (non-hydrogen) atoms. The molecule has 0 saturated heterocycles. The fourth-order valence-electron chi connectivity index (χ4n) is 5.98. The van der Waals surface area contributed by atoms with Gasteiger partial charge in [-0.05, 0) is 54.7 Å². The Labute approximate surface area is 288 Å². The average molecular weight is 665 g/mol. The van der Waals surface area contributed by atoms with Crippen molar-refractivity contribution >= 4 is 5.91 Å². The topological polar surface area (TPSA) is 140 Å². The molecule has 3 aromatic rings. The van der Waals surface area contributed by atoms with E-state index in [1.165, 1.54) is 5.56 Å². The molecule has 2 aromatic carbocycles. The number of carbonyl (C=O) groups excluding carboxylic acids is 1. The van der Waals surface area contributed by atoms with E-state index in [4.69, 9.17) is 25.7 Å². The lowest BCUT2D eigenvalue weighted by Crippen LogP contribution is -2.48. The Morgan fingerprint density at radius 2 is 1.65 bits per heavy atom. The molecule has 4 atom stereocenters. The molecule has 0 unspecified atom stereocenters. The average Bonchev–Trinajstić information content (AvgIpc) is 3.52. The standard InChI is InChI=1S/C38H60N6O4/c1-26(2)30(19-28-15-16-35(47-8)36(20-28)48-18-12-17-46-7)21-32(39)33(40)22-31(27(3)4)37(45)41-24-38(5,6)25-44-23-34(42-43-44)29-13-10-9-11-14-29/h9-11,13-16,20,23,26-27,30-33H,12,17-19,21-22,24-25,39-40H2,1-8H3,(H,41,45)/t30-,31-,32-,33-/m0/s1. The number of ether oxygens (including phenoxy) is 3. The van der Waals surface area contributed by atoms with Crippen molar-refractivity contribution in [3.8, 4) is 22.8 Å². The highest BCUT2D eigenvalue weighted by Gasteiger charge is 2.30. The van der Waals surface area contributed by atoms with Crippen LogP contribution in [0.1, 0.15) is 66.4 Å². The number of nitrogens with zero attached hydrogens (tertiary/aromatic N) is 3. The molecule has 10 nitrogen and oxygen atoms in total. The van der Waals surface area contributed by atoms with Crippen LogP contribution in [0.4, 0.5) is 0 Å². The van der Waals surface area contributed by atoms with E-state index in [1.54, 1.807) is 14.2 Å². The molecule has 0 spiro atoms. The van der Waals surface area contributed by atoms with Gasteiger partial charge in [-0.1, -0.05) is 83.2 Å². The lowest BCUT2D eigenvalue weighted by atomic mass is 9.80. The van der Waals surface area contributed by atoms with Crippen LogP contribution in [0.2, 0.25) is 0 Å². The summed E-state index contributed by atoms with van der Waals surface area (Å²) in [7, 11) is 3.34. The van der Waals surface area contributed by atoms with Crippen molar-refractivity contribution in [3.05, 3.63) is 60.3 Å². The Hall–Kier alpha value is -3.47. The Morgan fingerprint density at radius 3 is 2.29 bits per heavy atom. The third-order valence-electron chi connectivity index (χ3n) is 9.15. The van der Waals surface area contributed by atoms with Crippen molar-refractivity contribution in [1.29, 1.82) is 0 Å². The minimum absolute atomic E-state index is 0.0148. The molecule has 0 fully saturated rings. The number of nitrogens with one attached hydrogen (secondary N) is 1. The van der Waals surface area contributed by atoms with Gasteiger partial charge in [0.1, 0.15) is 5.69 Å². The zero-order chi connectivity index (χ0) is 35.3. The summed E-state index contributed by atoms with van der Waals surface area (Å²) in [5, 5.41) is 11.9. The highest BCUT2D eigenvalue weighted by molar-refractivity contribution is 5.79. The third-order valence-corrected chi connectivity index (χ3v) is 9.15. The van der Waals surface area contributed by atoms with Crippen LogP contribution in [0.5, 0.6) is 11.5 Å². The van der Waals surface area contributed by atoms with E-state index in [2.05, 4.69) is 69.3 Å². The molecule has 1 heterocycles. The van der Waals surface area contributed by atoms with Gasteiger partial charge < -0.3 is 31.0 Å². The summed E-state index contributed by atoms with van der Waals surface area (Å²) in [6, 6.07) is 15.6. The fraction of sp³-hybridized carbons (Fsp3) is 0.605. The number of hydrogen-bond donors (Lipinski definition) is 3. The summed E-state index contributed by atoms with van der Waals surface area (Å²) < 4.78 is 18.5. The normalized spacial score (nSPS) is 14.5. The van der Waals surface area contributed by atoms with Gasteiger partial charge in [-0.25, -0.2) is 0 Å². The van der Waals surface area contributed by atoms with Gasteiger partial charge >= 0.3 is 0 Å². The Morgan fingerprint density at radius 1 is 0.938 bits per heavy atom. The molecule has 10 heteroatoms. The van der Waals surface area contributed by atoms with Crippen LogP contribution in [0.25, 0.3) is 11.3 Å². The molecule has 1 amide bonds. The van der Waals surface area contributed by atoms with Crippen LogP contribution < -0.4 is 26.3 Å². The number of aromatic nitrogens is 3. The van der Waals surface area contributed by atoms with Gasteiger partial charge in [0.15, 0.2) is 11.5 Å². The summed E-state index contributed by atoms with van der Waals surface area (Å²) in [6.07, 6.45) is 4.89. The lowest BCUT2D eigenvalue weighted by Gasteiger charge is -2.31. The van der Waals surface area contributed by atoms with Crippen LogP contribution in [-0.2, 0) is 22.5 Å². The quantitative estimate of drug-likeness (QED) is 0.123. The highest BCUT2D eigenvalue weighted by Crippen LogP contribution is 2.32. The minimum Gasteiger partial charge on any atom is -0.493 e. The number of methoxy groups -OCH3 is 2. The first-order chi connectivity index (χ1) is 22.8. The zero-order valence-corrected chi connectivity index (χ0v) is 30.4. The SMILES string of the molecule is COCCCOc1cc(C[C@@H](C[C@H](N)[C@@H](N)C[C@H](C(=O)NCC(C)(C)Cn2cc(-c3ccccc3)nn2)C(C)C)C(C)C)ccc1OC. The van der Waals surface area contributed by atoms with Crippen molar-refractivity contribution in [2.24, 2.45) is 40.6 Å². The minimum atomic E-state index is -0.306. The predicted molar refractivity (Wildman–Crippen MR) is 193 cm³/mol. The van der Waals surface area contributed by atoms with Crippen molar-refractivity contribution < 1.29 is 19.0 Å². The molecule has 0 bridgehead atoms. The summed E-state index contributed by atoms with van der Waals surface area (Å²) in [4.78, 5) is 13.5. The Bertz CT molecular complexity index is 1380. The lowest BCUT2D eigenvalue weighted by molar-refractivity contribution is -0.127. The molecule has 3 rings (SSSR count). The van der Waals surface area contributed by atoms with Crippen LogP contribution in [0.3, 0.4) is 0 Å². The van der Waals surface area contributed by atoms with E-state index < -0.39 is 0 Å². The second-order valence-electron chi connectivity index (χ2n) is 14.6. The maximum absolute atomic E-state index is 13.5. The fourth-order valence-corrected chi connectivity index (χ4v) is 5.98. The predicted octanol–water partition coefficient (Wildman–Crippen LogP) is 5.73. The highest BCUT2D eigenvalue weighted by atomic mass is 16.5. The van der Waals surface area contributed by atoms with Crippen LogP contribution in [0, 0.1) is 29.1 Å². The van der Waals surface area contributed by atoms with Crippen molar-refractivity contribution in [2.45, 2.75) is 85.9 Å². The second-order valence-corrected chi connectivity index (χ2v) is 14.6. The van der Waals surface area contributed by atoms with Crippen molar-refractivity contribution in [3.63, 3.8) is 0 Å². The number of rotatable bonds is 21. The van der Waals surface area contributed by atoms with Crippen molar-refractivity contribution in [2.75, 3.05) is 34.0 Å². The summed E-state index contributed by atoms with van der Waals surface area (Å²) in [6.45, 7) is 15.2. The maximum Gasteiger partial charge on any atom is 0.223 e. The van der Waals surface area contributed by atoms with E-state index in [-0.39, 0.29) is 35.2 Å². The van der Waals surface area contributed by atoms with Crippen LogP contribution >= 0.6 is 0 Å². The molecule has 0 saturated carbocycles. The largest absolute Gasteiger partial charge is 0.493 e. The van der Waals surface area contributed by atoms with Crippen LogP contribution in [0.15, 0.2) is 54.7 Å². The Kier molecular flexibility index (Phi) is 15.4. The van der Waals surface area contributed by atoms with E-state index in [1.807, 2.05) is 47.3 Å². The first-order valence-electron chi connectivity index (χ1n) is 17.4. The summed E-state index contributed by atoms with van der Waals surface area (Å²) in [5.74, 6) is 2.06. The van der Waals surface area contributed by atoms with Gasteiger partial charge in [0, 0.05) is 62.2 Å². The molecular formula is C38H60N6O4. The van der Waals surface area contributed by atoms with E-state index in [9.17, 15) is 4.79 Å². The number of benzene rings is 2. The molecule has 266 valence electrons. The van der Waals surface area contributed by atoms with Gasteiger partial charge in [-0.2, -0.15) is 0 Å². The molecule has 1 aromatic heterocycles. The third kappa shape index (κ3) is 12.2.